The van der Waals surface area contributed by atoms with Gasteiger partial charge in [-0.1, -0.05) is 12.1 Å². The van der Waals surface area contributed by atoms with Gasteiger partial charge in [-0.3, -0.25) is 4.68 Å². The molecule has 1 unspecified atom stereocenters. The Morgan fingerprint density at radius 2 is 2.05 bits per heavy atom. The van der Waals surface area contributed by atoms with Crippen molar-refractivity contribution in [2.75, 3.05) is 19.6 Å². The maximum absolute atomic E-state index is 4.25. The van der Waals surface area contributed by atoms with E-state index in [0.29, 0.717) is 0 Å². The van der Waals surface area contributed by atoms with Crippen LogP contribution in [0, 0.1) is 5.92 Å². The molecule has 0 spiro atoms. The largest absolute Gasteiger partial charge is 0.306 e. The highest BCUT2D eigenvalue weighted by atomic mass is 15.4. The van der Waals surface area contributed by atoms with Crippen molar-refractivity contribution in [1.29, 1.82) is 0 Å². The molecule has 0 amide bonds. The van der Waals surface area contributed by atoms with Crippen LogP contribution >= 0.6 is 0 Å². The summed E-state index contributed by atoms with van der Waals surface area (Å²) in [5.41, 5.74) is 1.14. The van der Waals surface area contributed by atoms with Crippen LogP contribution in [0.15, 0.2) is 6.20 Å². The van der Waals surface area contributed by atoms with Crippen LogP contribution in [0.5, 0.6) is 0 Å². The Hall–Kier alpha value is -0.940. The van der Waals surface area contributed by atoms with Gasteiger partial charge < -0.3 is 10.2 Å². The third kappa shape index (κ3) is 6.14. The minimum atomic E-state index is 0.118. The molecule has 0 radical (unpaired) electrons. The van der Waals surface area contributed by atoms with E-state index in [1.807, 2.05) is 4.68 Å². The molecule has 1 aliphatic rings. The summed E-state index contributed by atoms with van der Waals surface area (Å²) in [5.74, 6) is 0.886. The van der Waals surface area contributed by atoms with Gasteiger partial charge in [0.1, 0.15) is 0 Å². The summed E-state index contributed by atoms with van der Waals surface area (Å²) in [4.78, 5) is 2.57. The van der Waals surface area contributed by atoms with Crippen molar-refractivity contribution in [1.82, 2.24) is 25.2 Å². The van der Waals surface area contributed by atoms with Crippen molar-refractivity contribution >= 4 is 0 Å². The van der Waals surface area contributed by atoms with Crippen LogP contribution in [0.2, 0.25) is 0 Å². The van der Waals surface area contributed by atoms with Gasteiger partial charge in [0.2, 0.25) is 0 Å². The summed E-state index contributed by atoms with van der Waals surface area (Å²) in [5, 5.41) is 11.9. The Bertz CT molecular complexity index is 421. The summed E-state index contributed by atoms with van der Waals surface area (Å²) in [7, 11) is 0. The molecule has 2 heterocycles. The molecule has 1 atom stereocenters. The second-order valence-corrected chi connectivity index (χ2v) is 7.45. The zero-order chi connectivity index (χ0) is 15.3. The van der Waals surface area contributed by atoms with E-state index in [4.69, 9.17) is 0 Å². The van der Waals surface area contributed by atoms with Crippen molar-refractivity contribution in [3.8, 4) is 0 Å². The molecule has 120 valence electrons. The summed E-state index contributed by atoms with van der Waals surface area (Å²) in [6.45, 7) is 14.1. The Morgan fingerprint density at radius 1 is 1.24 bits per heavy atom. The molecular weight excluding hydrogens is 262 g/mol. The zero-order valence-corrected chi connectivity index (χ0v) is 14.1. The predicted molar refractivity (Wildman–Crippen MR) is 86.1 cm³/mol. The first kappa shape index (κ1) is 16.4. The van der Waals surface area contributed by atoms with E-state index in [2.05, 4.69) is 54.4 Å². The number of nitrogens with zero attached hydrogens (tertiary/aromatic N) is 4. The summed E-state index contributed by atoms with van der Waals surface area (Å²) in [6.07, 6.45) is 6.11. The van der Waals surface area contributed by atoms with Crippen molar-refractivity contribution < 1.29 is 0 Å². The molecule has 0 aliphatic carbocycles. The number of aromatic nitrogens is 3. The summed E-state index contributed by atoms with van der Waals surface area (Å²) < 4.78 is 1.98. The van der Waals surface area contributed by atoms with E-state index >= 15 is 0 Å². The molecule has 21 heavy (non-hydrogen) atoms. The Balaban J connectivity index is 1.74. The van der Waals surface area contributed by atoms with Crippen LogP contribution in [0.4, 0.5) is 0 Å². The second-order valence-electron chi connectivity index (χ2n) is 7.45. The Morgan fingerprint density at radius 3 is 2.81 bits per heavy atom. The van der Waals surface area contributed by atoms with Gasteiger partial charge in [0, 0.05) is 24.8 Å². The fourth-order valence-corrected chi connectivity index (χ4v) is 2.67. The second kappa shape index (κ2) is 7.36. The van der Waals surface area contributed by atoms with Crippen LogP contribution in [-0.2, 0) is 13.1 Å². The lowest BCUT2D eigenvalue weighted by Gasteiger charge is -2.19. The minimum absolute atomic E-state index is 0.118. The maximum atomic E-state index is 4.25. The van der Waals surface area contributed by atoms with Gasteiger partial charge in [-0.15, -0.1) is 5.10 Å². The van der Waals surface area contributed by atoms with Crippen LogP contribution in [0.1, 0.15) is 52.7 Å². The Labute approximate surface area is 129 Å². The van der Waals surface area contributed by atoms with Crippen molar-refractivity contribution in [2.24, 2.45) is 5.92 Å². The van der Waals surface area contributed by atoms with Gasteiger partial charge in [-0.2, -0.15) is 0 Å². The Kier molecular flexibility index (Phi) is 5.76. The molecule has 1 saturated heterocycles. The van der Waals surface area contributed by atoms with Gasteiger partial charge in [-0.25, -0.2) is 0 Å². The molecule has 0 bridgehead atoms. The van der Waals surface area contributed by atoms with Crippen molar-refractivity contribution in [3.05, 3.63) is 11.9 Å². The standard InChI is InChI=1S/C16H31N5/c1-14-6-5-8-20(9-7-14)10-11-21-13-15(18-19-21)12-17-16(2,3)4/h13-14,17H,5-12H2,1-4H3. The molecule has 5 nitrogen and oxygen atoms in total. The normalized spacial score (nSPS) is 21.4. The lowest BCUT2D eigenvalue weighted by molar-refractivity contribution is 0.265. The van der Waals surface area contributed by atoms with Crippen LogP contribution in [0.3, 0.4) is 0 Å². The van der Waals surface area contributed by atoms with Gasteiger partial charge in [0.15, 0.2) is 0 Å². The molecule has 1 aliphatic heterocycles. The van der Waals surface area contributed by atoms with Crippen LogP contribution in [-0.4, -0.2) is 45.1 Å². The van der Waals surface area contributed by atoms with E-state index in [-0.39, 0.29) is 5.54 Å². The van der Waals surface area contributed by atoms with E-state index in [9.17, 15) is 0 Å². The number of hydrogen-bond acceptors (Lipinski definition) is 4. The monoisotopic (exact) mass is 293 g/mol. The maximum Gasteiger partial charge on any atom is 0.0965 e. The fraction of sp³-hybridized carbons (Fsp3) is 0.875. The quantitative estimate of drug-likeness (QED) is 0.905. The van der Waals surface area contributed by atoms with E-state index in [1.54, 1.807) is 0 Å². The molecule has 1 aromatic rings. The van der Waals surface area contributed by atoms with E-state index in [0.717, 1.165) is 31.2 Å². The van der Waals surface area contributed by atoms with Gasteiger partial charge in [0.05, 0.1) is 12.2 Å². The fourth-order valence-electron chi connectivity index (χ4n) is 2.67. The lowest BCUT2D eigenvalue weighted by atomic mass is 10.0. The topological polar surface area (TPSA) is 46.0 Å². The first-order valence-corrected chi connectivity index (χ1v) is 8.29. The van der Waals surface area contributed by atoms with E-state index in [1.165, 1.54) is 32.4 Å². The highest BCUT2D eigenvalue weighted by Gasteiger charge is 2.14. The lowest BCUT2D eigenvalue weighted by Crippen LogP contribution is -2.35. The predicted octanol–water partition coefficient (Wildman–Crippen LogP) is 2.29. The zero-order valence-electron chi connectivity index (χ0n) is 14.1. The number of likely N-dealkylation sites (tertiary alicyclic amines) is 1. The van der Waals surface area contributed by atoms with Gasteiger partial charge in [-0.05, 0) is 59.0 Å². The molecule has 0 saturated carbocycles. The first-order valence-electron chi connectivity index (χ1n) is 8.29. The molecule has 1 aromatic heterocycles. The third-order valence-electron chi connectivity index (χ3n) is 4.14. The SMILES string of the molecule is CC1CCCN(CCn2cc(CNC(C)(C)C)nn2)CC1. The minimum Gasteiger partial charge on any atom is -0.306 e. The molecule has 2 rings (SSSR count). The average Bonchev–Trinajstić information content (AvgIpc) is 2.76. The molecule has 1 N–H and O–H groups in total. The summed E-state index contributed by atoms with van der Waals surface area (Å²) in [6, 6.07) is 0. The number of rotatable bonds is 5. The van der Waals surface area contributed by atoms with Crippen molar-refractivity contribution in [3.63, 3.8) is 0 Å². The van der Waals surface area contributed by atoms with Gasteiger partial charge >= 0.3 is 0 Å². The first-order chi connectivity index (χ1) is 9.92. The highest BCUT2D eigenvalue weighted by Crippen LogP contribution is 2.16. The average molecular weight is 293 g/mol. The molecular formula is C16H31N5. The van der Waals surface area contributed by atoms with Crippen LogP contribution in [0.25, 0.3) is 0 Å². The van der Waals surface area contributed by atoms with E-state index < -0.39 is 0 Å². The summed E-state index contributed by atoms with van der Waals surface area (Å²) >= 11 is 0. The highest BCUT2D eigenvalue weighted by molar-refractivity contribution is 4.93. The molecule has 0 aromatic carbocycles. The van der Waals surface area contributed by atoms with Crippen molar-refractivity contribution in [2.45, 2.75) is 65.6 Å². The number of hydrogen-bond donors (Lipinski definition) is 1. The number of nitrogens with one attached hydrogen (secondary N) is 1. The third-order valence-corrected chi connectivity index (χ3v) is 4.14. The molecule has 5 heteroatoms. The van der Waals surface area contributed by atoms with Crippen LogP contribution < -0.4 is 5.32 Å². The van der Waals surface area contributed by atoms with Gasteiger partial charge in [0.25, 0.3) is 0 Å². The molecule has 1 fully saturated rings. The smallest absolute Gasteiger partial charge is 0.0965 e.